The van der Waals surface area contributed by atoms with E-state index in [1.807, 2.05) is 31.2 Å². The van der Waals surface area contributed by atoms with Gasteiger partial charge in [0, 0.05) is 30.5 Å². The highest BCUT2D eigenvalue weighted by molar-refractivity contribution is 6.01. The third-order valence-electron chi connectivity index (χ3n) is 6.48. The molecular formula is C28H30N6O5. The van der Waals surface area contributed by atoms with Crippen molar-refractivity contribution in [3.63, 3.8) is 0 Å². The second-order valence-corrected chi connectivity index (χ2v) is 9.52. The molecule has 202 valence electrons. The van der Waals surface area contributed by atoms with Crippen LogP contribution in [-0.4, -0.2) is 56.4 Å². The first kappa shape index (κ1) is 26.1. The van der Waals surface area contributed by atoms with E-state index in [2.05, 4.69) is 20.7 Å². The Morgan fingerprint density at radius 1 is 1.15 bits per heavy atom. The standard InChI is InChI=1S/C28H30N6O5/c1-18-8-11-20(12-9-18)27-30-32-33(31-27)17-25(36)34(21-5-3-6-22(35)15-21)26(24-13-10-19(2)39-24)28(37)29-16-23-7-4-14-38-23/h3,5-6,8-13,15,23,26,35H,4,7,14,16-17H2,1-2H3,(H,29,37)/t23-,26+/m1/s1. The van der Waals surface area contributed by atoms with E-state index in [-0.39, 0.29) is 24.2 Å². The molecule has 1 saturated heterocycles. The number of amides is 2. The van der Waals surface area contributed by atoms with Crippen LogP contribution < -0.4 is 10.2 Å². The number of carbonyl (C=O) groups excluding carboxylic acids is 2. The van der Waals surface area contributed by atoms with Gasteiger partial charge in [0.15, 0.2) is 6.04 Å². The van der Waals surface area contributed by atoms with Crippen molar-refractivity contribution in [3.05, 3.63) is 77.7 Å². The van der Waals surface area contributed by atoms with Crippen LogP contribution in [0.3, 0.4) is 0 Å². The summed E-state index contributed by atoms with van der Waals surface area (Å²) in [4.78, 5) is 30.0. The molecule has 2 aromatic carbocycles. The molecule has 5 rings (SSSR count). The number of hydrogen-bond acceptors (Lipinski definition) is 8. The van der Waals surface area contributed by atoms with E-state index in [4.69, 9.17) is 9.15 Å². The Labute approximate surface area is 225 Å². The molecule has 1 fully saturated rings. The molecule has 1 aliphatic heterocycles. The summed E-state index contributed by atoms with van der Waals surface area (Å²) < 4.78 is 11.5. The van der Waals surface area contributed by atoms with E-state index in [1.165, 1.54) is 21.8 Å². The minimum Gasteiger partial charge on any atom is -0.508 e. The fourth-order valence-corrected chi connectivity index (χ4v) is 4.50. The highest BCUT2D eigenvalue weighted by Gasteiger charge is 2.36. The molecule has 2 N–H and O–H groups in total. The van der Waals surface area contributed by atoms with Crippen LogP contribution in [0.1, 0.15) is 36.0 Å². The van der Waals surface area contributed by atoms with Crippen molar-refractivity contribution in [1.29, 1.82) is 0 Å². The number of phenols is 1. The Hall–Kier alpha value is -4.51. The molecule has 4 aromatic rings. The smallest absolute Gasteiger partial charge is 0.251 e. The molecule has 11 heteroatoms. The molecule has 2 aromatic heterocycles. The molecule has 0 saturated carbocycles. The largest absolute Gasteiger partial charge is 0.508 e. The molecule has 3 heterocycles. The molecule has 2 amide bonds. The fraction of sp³-hybridized carbons (Fsp3) is 0.321. The van der Waals surface area contributed by atoms with Gasteiger partial charge in [0.25, 0.3) is 11.8 Å². The van der Waals surface area contributed by atoms with Gasteiger partial charge in [0.2, 0.25) is 5.82 Å². The van der Waals surface area contributed by atoms with Crippen LogP contribution in [0.2, 0.25) is 0 Å². The molecule has 0 spiro atoms. The maximum absolute atomic E-state index is 13.9. The minimum atomic E-state index is -1.16. The monoisotopic (exact) mass is 530 g/mol. The van der Waals surface area contributed by atoms with E-state index in [0.717, 1.165) is 24.0 Å². The quantitative estimate of drug-likeness (QED) is 0.336. The van der Waals surface area contributed by atoms with Crippen molar-refractivity contribution in [1.82, 2.24) is 25.5 Å². The highest BCUT2D eigenvalue weighted by Crippen LogP contribution is 2.31. The molecule has 0 aliphatic carbocycles. The summed E-state index contributed by atoms with van der Waals surface area (Å²) in [5.41, 5.74) is 2.17. The average molecular weight is 531 g/mol. The zero-order valence-corrected chi connectivity index (χ0v) is 21.8. The van der Waals surface area contributed by atoms with Crippen LogP contribution in [0.15, 0.2) is 65.1 Å². The number of anilines is 1. The number of ether oxygens (including phenoxy) is 1. The molecule has 0 bridgehead atoms. The molecule has 1 aliphatic rings. The van der Waals surface area contributed by atoms with Crippen LogP contribution in [0.5, 0.6) is 5.75 Å². The lowest BCUT2D eigenvalue weighted by Crippen LogP contribution is -2.46. The van der Waals surface area contributed by atoms with Crippen molar-refractivity contribution in [2.24, 2.45) is 0 Å². The number of aromatic hydroxyl groups is 1. The van der Waals surface area contributed by atoms with Gasteiger partial charge in [-0.3, -0.25) is 14.5 Å². The Morgan fingerprint density at radius 2 is 1.97 bits per heavy atom. The summed E-state index contributed by atoms with van der Waals surface area (Å²) in [5.74, 6) is 0.245. The number of nitrogens with zero attached hydrogens (tertiary/aromatic N) is 5. The minimum absolute atomic E-state index is 0.0556. The molecule has 39 heavy (non-hydrogen) atoms. The lowest BCUT2D eigenvalue weighted by molar-refractivity contribution is -0.127. The zero-order chi connectivity index (χ0) is 27.4. The summed E-state index contributed by atoms with van der Waals surface area (Å²) in [5, 5.41) is 25.6. The van der Waals surface area contributed by atoms with Crippen LogP contribution in [0.4, 0.5) is 5.69 Å². The van der Waals surface area contributed by atoms with Gasteiger partial charge >= 0.3 is 0 Å². The van der Waals surface area contributed by atoms with E-state index in [9.17, 15) is 14.7 Å². The van der Waals surface area contributed by atoms with Crippen LogP contribution >= 0.6 is 0 Å². The third-order valence-corrected chi connectivity index (χ3v) is 6.48. The highest BCUT2D eigenvalue weighted by atomic mass is 16.5. The lowest BCUT2D eigenvalue weighted by atomic mass is 10.1. The summed E-state index contributed by atoms with van der Waals surface area (Å²) >= 11 is 0. The Kier molecular flexibility index (Phi) is 7.69. The third kappa shape index (κ3) is 6.15. The van der Waals surface area contributed by atoms with Crippen LogP contribution in [0.25, 0.3) is 11.4 Å². The SMILES string of the molecule is Cc1ccc(-c2nnn(CC(=O)N(c3cccc(O)c3)[C@H](C(=O)NC[C@H]3CCCO3)c3ccc(C)o3)n2)cc1. The lowest BCUT2D eigenvalue weighted by Gasteiger charge is -2.30. The van der Waals surface area contributed by atoms with Gasteiger partial charge in [-0.1, -0.05) is 35.9 Å². The average Bonchev–Trinajstić information content (AvgIpc) is 3.69. The molecule has 0 radical (unpaired) electrons. The first-order valence-corrected chi connectivity index (χ1v) is 12.8. The Balaban J connectivity index is 1.46. The van der Waals surface area contributed by atoms with E-state index in [0.29, 0.717) is 30.4 Å². The topological polar surface area (TPSA) is 136 Å². The van der Waals surface area contributed by atoms with E-state index < -0.39 is 17.9 Å². The number of aromatic nitrogens is 4. The summed E-state index contributed by atoms with van der Waals surface area (Å²) in [6, 6.07) is 16.0. The van der Waals surface area contributed by atoms with Gasteiger partial charge in [-0.15, -0.1) is 10.2 Å². The van der Waals surface area contributed by atoms with Crippen molar-refractivity contribution in [3.8, 4) is 17.1 Å². The van der Waals surface area contributed by atoms with Gasteiger partial charge in [0.05, 0.1) is 6.10 Å². The van der Waals surface area contributed by atoms with Gasteiger partial charge in [-0.25, -0.2) is 0 Å². The van der Waals surface area contributed by atoms with Crippen molar-refractivity contribution < 1.29 is 23.8 Å². The zero-order valence-electron chi connectivity index (χ0n) is 21.8. The molecule has 0 unspecified atom stereocenters. The predicted molar refractivity (Wildman–Crippen MR) is 142 cm³/mol. The summed E-state index contributed by atoms with van der Waals surface area (Å²) in [6.07, 6.45) is 1.70. The van der Waals surface area contributed by atoms with Gasteiger partial charge in [-0.2, -0.15) is 4.80 Å². The normalized spacial score (nSPS) is 15.7. The molecule has 11 nitrogen and oxygen atoms in total. The van der Waals surface area contributed by atoms with E-state index in [1.54, 1.807) is 31.2 Å². The fourth-order valence-electron chi connectivity index (χ4n) is 4.50. The van der Waals surface area contributed by atoms with Gasteiger partial charge in [-0.05, 0) is 56.2 Å². The van der Waals surface area contributed by atoms with Crippen molar-refractivity contribution in [2.45, 2.75) is 45.4 Å². The second-order valence-electron chi connectivity index (χ2n) is 9.52. The van der Waals surface area contributed by atoms with Gasteiger partial charge < -0.3 is 19.6 Å². The Bertz CT molecular complexity index is 1440. The number of rotatable bonds is 9. The molecular weight excluding hydrogens is 500 g/mol. The number of phenolic OH excluding ortho intramolecular Hbond substituents is 1. The summed E-state index contributed by atoms with van der Waals surface area (Å²) in [6.45, 7) is 4.41. The van der Waals surface area contributed by atoms with Crippen LogP contribution in [0, 0.1) is 13.8 Å². The number of carbonyl (C=O) groups is 2. The van der Waals surface area contributed by atoms with Crippen LogP contribution in [-0.2, 0) is 20.9 Å². The van der Waals surface area contributed by atoms with E-state index >= 15 is 0 Å². The number of tetrazole rings is 1. The number of nitrogens with one attached hydrogen (secondary N) is 1. The first-order chi connectivity index (χ1) is 18.9. The first-order valence-electron chi connectivity index (χ1n) is 12.8. The second kappa shape index (κ2) is 11.5. The predicted octanol–water partition coefficient (Wildman–Crippen LogP) is 3.33. The number of furan rings is 1. The number of hydrogen-bond donors (Lipinski definition) is 2. The van der Waals surface area contributed by atoms with Gasteiger partial charge in [0.1, 0.15) is 23.8 Å². The maximum atomic E-state index is 13.9. The molecule has 2 atom stereocenters. The van der Waals surface area contributed by atoms with Crippen molar-refractivity contribution >= 4 is 17.5 Å². The Morgan fingerprint density at radius 3 is 2.67 bits per heavy atom. The number of aryl methyl sites for hydroxylation is 2. The van der Waals surface area contributed by atoms with Crippen molar-refractivity contribution in [2.75, 3.05) is 18.1 Å². The maximum Gasteiger partial charge on any atom is 0.251 e. The summed E-state index contributed by atoms with van der Waals surface area (Å²) in [7, 11) is 0. The number of benzene rings is 2.